The predicted molar refractivity (Wildman–Crippen MR) is 74.3 cm³/mol. The molecule has 0 aliphatic rings. The van der Waals surface area contributed by atoms with E-state index in [2.05, 4.69) is 9.72 Å². The minimum atomic E-state index is -0.543. The van der Waals surface area contributed by atoms with Gasteiger partial charge in [0.05, 0.1) is 29.6 Å². The summed E-state index contributed by atoms with van der Waals surface area (Å²) in [5, 5.41) is 1.49. The highest BCUT2D eigenvalue weighted by Crippen LogP contribution is 2.34. The average Bonchev–Trinajstić information content (AvgIpc) is 2.36. The van der Waals surface area contributed by atoms with Crippen LogP contribution in [0.15, 0.2) is 18.2 Å². The van der Waals surface area contributed by atoms with Crippen LogP contribution in [0.4, 0.5) is 0 Å². The minimum Gasteiger partial charge on any atom is -0.493 e. The second-order valence-electron chi connectivity index (χ2n) is 3.71. The number of esters is 1. The first kappa shape index (κ1) is 13.9. The van der Waals surface area contributed by atoms with Gasteiger partial charge in [0, 0.05) is 11.1 Å². The summed E-state index contributed by atoms with van der Waals surface area (Å²) >= 11 is 12.1. The Morgan fingerprint density at radius 1 is 1.32 bits per heavy atom. The fraction of sp³-hybridized carbons (Fsp3) is 0.231. The Morgan fingerprint density at radius 3 is 2.68 bits per heavy atom. The van der Waals surface area contributed by atoms with Gasteiger partial charge in [0.25, 0.3) is 0 Å². The van der Waals surface area contributed by atoms with E-state index in [0.29, 0.717) is 33.3 Å². The van der Waals surface area contributed by atoms with Gasteiger partial charge >= 0.3 is 5.97 Å². The molecular formula is C13H11Cl2NO3. The molecule has 19 heavy (non-hydrogen) atoms. The second kappa shape index (κ2) is 5.63. The summed E-state index contributed by atoms with van der Waals surface area (Å²) in [7, 11) is 1.29. The van der Waals surface area contributed by atoms with Crippen LogP contribution in [0.25, 0.3) is 10.9 Å². The van der Waals surface area contributed by atoms with Crippen molar-refractivity contribution in [3.63, 3.8) is 0 Å². The Labute approximate surface area is 120 Å². The highest BCUT2D eigenvalue weighted by molar-refractivity contribution is 6.39. The van der Waals surface area contributed by atoms with Crippen molar-refractivity contribution in [3.8, 4) is 5.75 Å². The van der Waals surface area contributed by atoms with Crippen LogP contribution >= 0.6 is 23.2 Å². The van der Waals surface area contributed by atoms with Crippen molar-refractivity contribution in [1.29, 1.82) is 0 Å². The summed E-state index contributed by atoms with van der Waals surface area (Å²) in [6, 6.07) is 4.74. The summed E-state index contributed by atoms with van der Waals surface area (Å²) in [6.07, 6.45) is 0. The van der Waals surface area contributed by atoms with Crippen LogP contribution in [-0.4, -0.2) is 24.7 Å². The zero-order chi connectivity index (χ0) is 14.0. The molecule has 0 unspecified atom stereocenters. The van der Waals surface area contributed by atoms with E-state index < -0.39 is 5.97 Å². The lowest BCUT2D eigenvalue weighted by Crippen LogP contribution is -2.06. The Bertz CT molecular complexity index is 643. The first-order chi connectivity index (χ1) is 9.06. The van der Waals surface area contributed by atoms with Crippen molar-refractivity contribution in [2.75, 3.05) is 13.7 Å². The molecule has 0 aliphatic carbocycles. The Balaban J connectivity index is 2.75. The number of ether oxygens (including phenoxy) is 2. The zero-order valence-electron chi connectivity index (χ0n) is 10.4. The van der Waals surface area contributed by atoms with Gasteiger partial charge < -0.3 is 9.47 Å². The van der Waals surface area contributed by atoms with Crippen molar-refractivity contribution in [3.05, 3.63) is 33.9 Å². The van der Waals surface area contributed by atoms with Gasteiger partial charge in [0.15, 0.2) is 5.69 Å². The van der Waals surface area contributed by atoms with Crippen LogP contribution in [0.3, 0.4) is 0 Å². The van der Waals surface area contributed by atoms with Gasteiger partial charge in [-0.2, -0.15) is 0 Å². The molecule has 0 fully saturated rings. The third-order valence-electron chi connectivity index (χ3n) is 2.48. The van der Waals surface area contributed by atoms with E-state index >= 15 is 0 Å². The third kappa shape index (κ3) is 2.74. The number of methoxy groups -OCH3 is 1. The molecule has 1 aromatic heterocycles. The van der Waals surface area contributed by atoms with Crippen LogP contribution in [0.1, 0.15) is 17.4 Å². The van der Waals surface area contributed by atoms with E-state index in [0.717, 1.165) is 0 Å². The number of hydrogen-bond acceptors (Lipinski definition) is 4. The quantitative estimate of drug-likeness (QED) is 0.810. The zero-order valence-corrected chi connectivity index (χ0v) is 11.9. The fourth-order valence-electron chi connectivity index (χ4n) is 1.73. The van der Waals surface area contributed by atoms with Crippen molar-refractivity contribution >= 4 is 40.1 Å². The lowest BCUT2D eigenvalue weighted by atomic mass is 10.1. The van der Waals surface area contributed by atoms with Crippen molar-refractivity contribution in [2.45, 2.75) is 6.92 Å². The van der Waals surface area contributed by atoms with Crippen molar-refractivity contribution < 1.29 is 14.3 Å². The summed E-state index contributed by atoms with van der Waals surface area (Å²) in [4.78, 5) is 15.8. The SMILES string of the molecule is CCOc1cc(C(=O)OC)nc2cc(Cl)cc(Cl)c12. The highest BCUT2D eigenvalue weighted by atomic mass is 35.5. The molecule has 2 rings (SSSR count). The fourth-order valence-corrected chi connectivity index (χ4v) is 2.30. The van der Waals surface area contributed by atoms with E-state index in [1.807, 2.05) is 6.92 Å². The number of rotatable bonds is 3. The Morgan fingerprint density at radius 2 is 2.05 bits per heavy atom. The number of fused-ring (bicyclic) bond motifs is 1. The molecular weight excluding hydrogens is 289 g/mol. The van der Waals surface area contributed by atoms with Crippen molar-refractivity contribution in [2.24, 2.45) is 0 Å². The Hall–Kier alpha value is -1.52. The molecule has 0 saturated carbocycles. The number of benzene rings is 1. The number of pyridine rings is 1. The Kier molecular flexibility index (Phi) is 4.12. The van der Waals surface area contributed by atoms with E-state index in [9.17, 15) is 4.79 Å². The number of nitrogens with zero attached hydrogens (tertiary/aromatic N) is 1. The third-order valence-corrected chi connectivity index (χ3v) is 3.00. The van der Waals surface area contributed by atoms with Gasteiger partial charge in [0.1, 0.15) is 5.75 Å². The molecule has 100 valence electrons. The number of hydrogen-bond donors (Lipinski definition) is 0. The summed E-state index contributed by atoms with van der Waals surface area (Å²) in [5.74, 6) is -0.0616. The standard InChI is InChI=1S/C13H11Cl2NO3/c1-3-19-11-6-10(13(17)18-2)16-9-5-7(14)4-8(15)12(9)11/h4-6H,3H2,1-2H3. The van der Waals surface area contributed by atoms with Crippen LogP contribution in [-0.2, 0) is 4.74 Å². The maximum atomic E-state index is 11.6. The predicted octanol–water partition coefficient (Wildman–Crippen LogP) is 3.73. The maximum Gasteiger partial charge on any atom is 0.356 e. The molecule has 6 heteroatoms. The van der Waals surface area contributed by atoms with Crippen LogP contribution in [0, 0.1) is 0 Å². The van der Waals surface area contributed by atoms with Crippen LogP contribution in [0.5, 0.6) is 5.75 Å². The number of aromatic nitrogens is 1. The summed E-state index contributed by atoms with van der Waals surface area (Å²) in [5.41, 5.74) is 0.639. The molecule has 4 nitrogen and oxygen atoms in total. The molecule has 1 aromatic carbocycles. The van der Waals surface area contributed by atoms with Gasteiger partial charge in [-0.15, -0.1) is 0 Å². The van der Waals surface area contributed by atoms with E-state index in [1.54, 1.807) is 12.1 Å². The smallest absolute Gasteiger partial charge is 0.356 e. The first-order valence-electron chi connectivity index (χ1n) is 5.57. The molecule has 0 saturated heterocycles. The monoisotopic (exact) mass is 299 g/mol. The number of carbonyl (C=O) groups is 1. The summed E-state index contributed by atoms with van der Waals surface area (Å²) < 4.78 is 10.2. The first-order valence-corrected chi connectivity index (χ1v) is 6.33. The normalized spacial score (nSPS) is 10.5. The molecule has 0 N–H and O–H groups in total. The number of halogens is 2. The molecule has 0 atom stereocenters. The van der Waals surface area contributed by atoms with Crippen LogP contribution < -0.4 is 4.74 Å². The summed E-state index contributed by atoms with van der Waals surface area (Å²) in [6.45, 7) is 2.28. The molecule has 2 aromatic rings. The van der Waals surface area contributed by atoms with Crippen LogP contribution in [0.2, 0.25) is 10.0 Å². The molecule has 0 amide bonds. The lowest BCUT2D eigenvalue weighted by Gasteiger charge is -2.10. The minimum absolute atomic E-state index is 0.150. The largest absolute Gasteiger partial charge is 0.493 e. The highest BCUT2D eigenvalue weighted by Gasteiger charge is 2.15. The molecule has 0 spiro atoms. The second-order valence-corrected chi connectivity index (χ2v) is 4.56. The molecule has 0 bridgehead atoms. The van der Waals surface area contributed by atoms with Gasteiger partial charge in [-0.3, -0.25) is 0 Å². The number of carbonyl (C=O) groups excluding carboxylic acids is 1. The average molecular weight is 300 g/mol. The lowest BCUT2D eigenvalue weighted by molar-refractivity contribution is 0.0594. The maximum absolute atomic E-state index is 11.6. The topological polar surface area (TPSA) is 48.4 Å². The molecule has 1 heterocycles. The van der Waals surface area contributed by atoms with E-state index in [-0.39, 0.29) is 5.69 Å². The van der Waals surface area contributed by atoms with Crippen molar-refractivity contribution in [1.82, 2.24) is 4.98 Å². The van der Waals surface area contributed by atoms with Gasteiger partial charge in [-0.05, 0) is 19.1 Å². The molecule has 0 aliphatic heterocycles. The van der Waals surface area contributed by atoms with Gasteiger partial charge in [-0.1, -0.05) is 23.2 Å². The molecule has 0 radical (unpaired) electrons. The van der Waals surface area contributed by atoms with E-state index in [1.165, 1.54) is 13.2 Å². The van der Waals surface area contributed by atoms with Gasteiger partial charge in [0.2, 0.25) is 0 Å². The van der Waals surface area contributed by atoms with E-state index in [4.69, 9.17) is 27.9 Å². The van der Waals surface area contributed by atoms with Gasteiger partial charge in [-0.25, -0.2) is 9.78 Å².